The van der Waals surface area contributed by atoms with Crippen molar-refractivity contribution in [2.45, 2.75) is 32.2 Å². The highest BCUT2D eigenvalue weighted by molar-refractivity contribution is 5.94. The van der Waals surface area contributed by atoms with Crippen LogP contribution in [0.5, 0.6) is 0 Å². The van der Waals surface area contributed by atoms with Gasteiger partial charge in [-0.05, 0) is 86.6 Å². The molecule has 0 radical (unpaired) electrons. The van der Waals surface area contributed by atoms with Gasteiger partial charge < -0.3 is 0 Å². The summed E-state index contributed by atoms with van der Waals surface area (Å²) in [5.74, 6) is 0.668. The van der Waals surface area contributed by atoms with Gasteiger partial charge in [0.25, 0.3) is 0 Å². The maximum atomic E-state index is 4.50. The summed E-state index contributed by atoms with van der Waals surface area (Å²) in [5, 5.41) is 5.56. The highest BCUT2D eigenvalue weighted by Crippen LogP contribution is 2.41. The fourth-order valence-corrected chi connectivity index (χ4v) is 6.72. The Kier molecular flexibility index (Phi) is 5.51. The molecule has 37 heavy (non-hydrogen) atoms. The largest absolute Gasteiger partial charge is 0.290 e. The molecule has 3 aromatic carbocycles. The molecule has 3 aliphatic carbocycles. The lowest BCUT2D eigenvalue weighted by Crippen LogP contribution is -2.42. The van der Waals surface area contributed by atoms with E-state index in [0.717, 1.165) is 19.3 Å². The lowest BCUT2D eigenvalue weighted by molar-refractivity contribution is 0.688. The number of fused-ring (bicyclic) bond motifs is 3. The standard InChI is InChI=1S/C36H31N/c1-24-23-28(21-22-37-24)25-17-19-27(20-18-25)35-31-12-4-6-14-33(31)36(34-15-7-5-13-32(34)35)30-16-8-10-26-9-2-3-11-29(26)30/h2-7,9-15,17-22,24,31,33H,8,16,23H2,1H3. The first-order valence-electron chi connectivity index (χ1n) is 13.6. The summed E-state index contributed by atoms with van der Waals surface area (Å²) in [6.07, 6.45) is 19.1. The molecule has 0 saturated carbocycles. The molecule has 0 amide bonds. The molecule has 7 rings (SSSR count). The van der Waals surface area contributed by atoms with Crippen molar-refractivity contribution in [2.75, 3.05) is 0 Å². The molecule has 0 fully saturated rings. The van der Waals surface area contributed by atoms with Gasteiger partial charge in [0.2, 0.25) is 0 Å². The molecule has 1 aliphatic heterocycles. The van der Waals surface area contributed by atoms with Gasteiger partial charge in [-0.3, -0.25) is 4.99 Å². The van der Waals surface area contributed by atoms with Crippen molar-refractivity contribution < 1.29 is 0 Å². The van der Waals surface area contributed by atoms with Crippen molar-refractivity contribution >= 4 is 34.6 Å². The summed E-state index contributed by atoms with van der Waals surface area (Å²) >= 11 is 0. The molecule has 3 unspecified atom stereocenters. The molecule has 0 saturated heterocycles. The Morgan fingerprint density at radius 2 is 1.35 bits per heavy atom. The molecule has 0 spiro atoms. The van der Waals surface area contributed by atoms with Gasteiger partial charge >= 0.3 is 0 Å². The molecule has 0 N–H and O–H groups in total. The fraction of sp³-hybridized carbons (Fsp3) is 0.194. The van der Waals surface area contributed by atoms with E-state index in [4.69, 9.17) is 0 Å². The zero-order valence-electron chi connectivity index (χ0n) is 21.3. The number of rotatable bonds is 3. The van der Waals surface area contributed by atoms with E-state index in [9.17, 15) is 0 Å². The third-order valence-electron chi connectivity index (χ3n) is 8.38. The monoisotopic (exact) mass is 477 g/mol. The molecule has 0 bridgehead atoms. The van der Waals surface area contributed by atoms with Crippen LogP contribution in [0.2, 0.25) is 0 Å². The molecule has 3 aromatic rings. The molecule has 1 nitrogen and oxygen atoms in total. The SMILES string of the molecule is CC1CC(c2ccc(C3=c4ccccc4=C(C4=c5ccccc5=CCC4)C4C=CC=CC34)cc2)=CC=N1. The lowest BCUT2D eigenvalue weighted by atomic mass is 9.69. The highest BCUT2D eigenvalue weighted by Gasteiger charge is 2.32. The quantitative estimate of drug-likeness (QED) is 0.499. The molecule has 4 aliphatic rings. The summed E-state index contributed by atoms with van der Waals surface area (Å²) in [6, 6.07) is 27.7. The minimum absolute atomic E-state index is 0.326. The Hall–Kier alpha value is -3.97. The first-order valence-corrected chi connectivity index (χ1v) is 13.6. The van der Waals surface area contributed by atoms with Crippen LogP contribution in [0.15, 0.2) is 108 Å². The van der Waals surface area contributed by atoms with Crippen LogP contribution in [-0.2, 0) is 0 Å². The highest BCUT2D eigenvalue weighted by atomic mass is 14.8. The van der Waals surface area contributed by atoms with Crippen molar-refractivity contribution in [3.8, 4) is 0 Å². The Bertz CT molecular complexity index is 1760. The maximum absolute atomic E-state index is 4.50. The first-order chi connectivity index (χ1) is 18.3. The average Bonchev–Trinajstić information content (AvgIpc) is 2.96. The smallest absolute Gasteiger partial charge is 0.0511 e. The Balaban J connectivity index is 1.48. The number of benzene rings is 3. The third-order valence-corrected chi connectivity index (χ3v) is 8.38. The number of allylic oxidation sites excluding steroid dienone is 5. The zero-order chi connectivity index (χ0) is 24.8. The minimum atomic E-state index is 0.326. The number of nitrogens with zero attached hydrogens (tertiary/aromatic N) is 1. The van der Waals surface area contributed by atoms with Crippen molar-refractivity contribution in [2.24, 2.45) is 16.8 Å². The van der Waals surface area contributed by atoms with Crippen LogP contribution in [0.1, 0.15) is 37.3 Å². The predicted molar refractivity (Wildman–Crippen MR) is 157 cm³/mol. The van der Waals surface area contributed by atoms with Crippen LogP contribution in [0.25, 0.3) is 28.4 Å². The fourth-order valence-electron chi connectivity index (χ4n) is 6.72. The van der Waals surface area contributed by atoms with Crippen LogP contribution in [0.4, 0.5) is 0 Å². The number of aliphatic imine (C=N–C) groups is 1. The van der Waals surface area contributed by atoms with E-state index in [1.807, 2.05) is 6.21 Å². The summed E-state index contributed by atoms with van der Waals surface area (Å²) in [7, 11) is 0. The van der Waals surface area contributed by atoms with Gasteiger partial charge in [-0.1, -0.05) is 103 Å². The first kappa shape index (κ1) is 22.2. The van der Waals surface area contributed by atoms with Crippen LogP contribution in [-0.4, -0.2) is 12.3 Å². The molecule has 180 valence electrons. The van der Waals surface area contributed by atoms with Crippen LogP contribution < -0.4 is 20.9 Å². The molecule has 1 heterocycles. The molecular formula is C36H31N. The van der Waals surface area contributed by atoms with E-state index in [1.54, 1.807) is 0 Å². The van der Waals surface area contributed by atoms with E-state index in [2.05, 4.69) is 121 Å². The normalized spacial score (nSPS) is 23.6. The van der Waals surface area contributed by atoms with Crippen molar-refractivity contribution in [3.63, 3.8) is 0 Å². The van der Waals surface area contributed by atoms with Crippen molar-refractivity contribution in [3.05, 3.63) is 135 Å². The Labute approximate surface area is 218 Å². The molecule has 1 heteroatoms. The van der Waals surface area contributed by atoms with Gasteiger partial charge in [0.15, 0.2) is 0 Å². The Morgan fingerprint density at radius 1 is 0.703 bits per heavy atom. The van der Waals surface area contributed by atoms with Gasteiger partial charge in [-0.25, -0.2) is 0 Å². The second-order valence-corrected chi connectivity index (χ2v) is 10.6. The van der Waals surface area contributed by atoms with Gasteiger partial charge in [-0.15, -0.1) is 0 Å². The van der Waals surface area contributed by atoms with Gasteiger partial charge in [0.1, 0.15) is 0 Å². The van der Waals surface area contributed by atoms with E-state index < -0.39 is 0 Å². The van der Waals surface area contributed by atoms with E-state index in [0.29, 0.717) is 17.9 Å². The number of hydrogen-bond donors (Lipinski definition) is 0. The van der Waals surface area contributed by atoms with Crippen LogP contribution in [0.3, 0.4) is 0 Å². The van der Waals surface area contributed by atoms with Gasteiger partial charge in [-0.2, -0.15) is 0 Å². The summed E-state index contributed by atoms with van der Waals surface area (Å²) in [4.78, 5) is 4.50. The van der Waals surface area contributed by atoms with Crippen molar-refractivity contribution in [1.29, 1.82) is 0 Å². The van der Waals surface area contributed by atoms with Crippen molar-refractivity contribution in [1.82, 2.24) is 0 Å². The number of dihydropyridines is 1. The number of hydrogen-bond acceptors (Lipinski definition) is 1. The second-order valence-electron chi connectivity index (χ2n) is 10.6. The summed E-state index contributed by atoms with van der Waals surface area (Å²) < 4.78 is 0. The van der Waals surface area contributed by atoms with Crippen LogP contribution in [0, 0.1) is 11.8 Å². The summed E-state index contributed by atoms with van der Waals surface area (Å²) in [6.45, 7) is 2.19. The average molecular weight is 478 g/mol. The maximum Gasteiger partial charge on any atom is 0.0511 e. The van der Waals surface area contributed by atoms with E-state index in [1.165, 1.54) is 54.3 Å². The van der Waals surface area contributed by atoms with Gasteiger partial charge in [0, 0.05) is 18.1 Å². The molecule has 0 aromatic heterocycles. The third kappa shape index (κ3) is 3.81. The minimum Gasteiger partial charge on any atom is -0.290 e. The molecule has 3 atom stereocenters. The van der Waals surface area contributed by atoms with Crippen LogP contribution >= 0.6 is 0 Å². The zero-order valence-corrected chi connectivity index (χ0v) is 21.3. The predicted octanol–water partition coefficient (Wildman–Crippen LogP) is 5.08. The van der Waals surface area contributed by atoms with E-state index in [-0.39, 0.29) is 0 Å². The lowest BCUT2D eigenvalue weighted by Gasteiger charge is -2.34. The molecular weight excluding hydrogens is 446 g/mol. The van der Waals surface area contributed by atoms with Gasteiger partial charge in [0.05, 0.1) is 6.04 Å². The topological polar surface area (TPSA) is 12.4 Å². The summed E-state index contributed by atoms with van der Waals surface area (Å²) in [5.41, 5.74) is 8.49. The Morgan fingerprint density at radius 3 is 2.11 bits per heavy atom. The van der Waals surface area contributed by atoms with E-state index >= 15 is 0 Å². The second kappa shape index (κ2) is 9.16.